The Bertz CT molecular complexity index is 854. The number of carboxylic acid groups (broad SMARTS) is 1. The maximum atomic E-state index is 12.5. The molecule has 1 aromatic carbocycles. The highest BCUT2D eigenvalue weighted by atomic mass is 35.5. The highest BCUT2D eigenvalue weighted by Crippen LogP contribution is 2.30. The van der Waals surface area contributed by atoms with Crippen LogP contribution in [0.5, 0.6) is 5.75 Å². The van der Waals surface area contributed by atoms with Crippen LogP contribution >= 0.6 is 11.6 Å². The van der Waals surface area contributed by atoms with Crippen LogP contribution in [0.3, 0.4) is 0 Å². The minimum absolute atomic E-state index is 0.327. The molecule has 0 radical (unpaired) electrons. The molecular weight excluding hydrogens is 368 g/mol. The molecule has 3 rings (SSSR count). The largest absolute Gasteiger partial charge is 0.487 e. The summed E-state index contributed by atoms with van der Waals surface area (Å²) in [6.45, 7) is 0.327. The van der Waals surface area contributed by atoms with E-state index in [1.54, 1.807) is 36.7 Å². The number of carbonyl (C=O) groups is 2. The number of hydrogen-bond donors (Lipinski definition) is 2. The van der Waals surface area contributed by atoms with E-state index in [1.165, 1.54) is 0 Å². The number of aliphatic carboxylic acids is 1. The van der Waals surface area contributed by atoms with Gasteiger partial charge in [-0.05, 0) is 37.1 Å². The van der Waals surface area contributed by atoms with Crippen LogP contribution in [0.15, 0.2) is 54.9 Å². The van der Waals surface area contributed by atoms with Gasteiger partial charge in [-0.2, -0.15) is 0 Å². The number of ether oxygens (including phenoxy) is 1. The normalized spacial score (nSPS) is 18.7. The Hall–Kier alpha value is -2.86. The van der Waals surface area contributed by atoms with Gasteiger partial charge in [-0.25, -0.2) is 0 Å². The van der Waals surface area contributed by atoms with Crippen molar-refractivity contribution in [2.45, 2.75) is 19.4 Å². The number of nitrogens with zero attached hydrogens (tertiary/aromatic N) is 1. The third-order valence-corrected chi connectivity index (χ3v) is 4.70. The smallest absolute Gasteiger partial charge is 0.307 e. The first-order chi connectivity index (χ1) is 13.0. The van der Waals surface area contributed by atoms with E-state index in [1.807, 2.05) is 18.2 Å². The number of carboxylic acids is 1. The second kappa shape index (κ2) is 8.68. The number of rotatable bonds is 6. The van der Waals surface area contributed by atoms with E-state index in [4.69, 9.17) is 16.3 Å². The highest BCUT2D eigenvalue weighted by Gasteiger charge is 2.33. The van der Waals surface area contributed by atoms with E-state index in [2.05, 4.69) is 10.3 Å². The molecule has 0 saturated heterocycles. The van der Waals surface area contributed by atoms with Crippen molar-refractivity contribution in [3.8, 4) is 5.75 Å². The van der Waals surface area contributed by atoms with Crippen LogP contribution in [0.2, 0.25) is 5.02 Å². The number of halogens is 1. The second-order valence-corrected chi connectivity index (χ2v) is 6.69. The van der Waals surface area contributed by atoms with Gasteiger partial charge in [0.05, 0.1) is 16.9 Å². The fraction of sp³-hybridized carbons (Fsp3) is 0.250. The predicted molar refractivity (Wildman–Crippen MR) is 102 cm³/mol. The molecule has 1 aromatic heterocycles. The van der Waals surface area contributed by atoms with Crippen LogP contribution < -0.4 is 10.1 Å². The molecule has 1 heterocycles. The van der Waals surface area contributed by atoms with E-state index in [0.29, 0.717) is 35.9 Å². The van der Waals surface area contributed by atoms with Crippen LogP contribution in [0.1, 0.15) is 18.4 Å². The minimum atomic E-state index is -0.961. The van der Waals surface area contributed by atoms with Crippen molar-refractivity contribution >= 4 is 29.2 Å². The third-order valence-electron chi connectivity index (χ3n) is 4.40. The van der Waals surface area contributed by atoms with Gasteiger partial charge < -0.3 is 15.2 Å². The number of benzene rings is 1. The Labute approximate surface area is 161 Å². The lowest BCUT2D eigenvalue weighted by Gasteiger charge is -2.24. The standard InChI is InChI=1S/C20H19ClN2O4/c21-17-10-14(7-8-18(17)27-12-13-4-3-9-22-11-13)23-19(24)15-5-1-2-6-16(15)20(25)26/h1-4,7-11,15-16H,5-6,12H2,(H,23,24)(H,25,26). The topological polar surface area (TPSA) is 88.5 Å². The van der Waals surface area contributed by atoms with Gasteiger partial charge in [0.1, 0.15) is 12.4 Å². The van der Waals surface area contributed by atoms with Crippen LogP contribution in [0, 0.1) is 11.8 Å². The van der Waals surface area contributed by atoms with E-state index >= 15 is 0 Å². The monoisotopic (exact) mass is 386 g/mol. The lowest BCUT2D eigenvalue weighted by molar-refractivity contribution is -0.146. The lowest BCUT2D eigenvalue weighted by Crippen LogP contribution is -2.34. The number of amides is 1. The molecular formula is C20H19ClN2O4. The number of anilines is 1. The molecule has 0 saturated carbocycles. The number of allylic oxidation sites excluding steroid dienone is 2. The molecule has 2 atom stereocenters. The highest BCUT2D eigenvalue weighted by molar-refractivity contribution is 6.32. The first-order valence-corrected chi connectivity index (χ1v) is 8.92. The van der Waals surface area contributed by atoms with E-state index in [9.17, 15) is 14.7 Å². The average molecular weight is 387 g/mol. The van der Waals surface area contributed by atoms with Crippen molar-refractivity contribution in [2.75, 3.05) is 5.32 Å². The van der Waals surface area contributed by atoms with Crippen molar-refractivity contribution < 1.29 is 19.4 Å². The number of carbonyl (C=O) groups excluding carboxylic acids is 1. The van der Waals surface area contributed by atoms with Crippen molar-refractivity contribution in [1.82, 2.24) is 4.98 Å². The third kappa shape index (κ3) is 4.86. The molecule has 2 unspecified atom stereocenters. The van der Waals surface area contributed by atoms with Crippen LogP contribution in [-0.4, -0.2) is 22.0 Å². The van der Waals surface area contributed by atoms with Crippen molar-refractivity contribution in [2.24, 2.45) is 11.8 Å². The minimum Gasteiger partial charge on any atom is -0.487 e. The first-order valence-electron chi connectivity index (χ1n) is 8.54. The first kappa shape index (κ1) is 18.9. The SMILES string of the molecule is O=C(O)C1CC=CCC1C(=O)Nc1ccc(OCc2cccnc2)c(Cl)c1. The molecule has 1 amide bonds. The van der Waals surface area contributed by atoms with Crippen molar-refractivity contribution in [3.63, 3.8) is 0 Å². The summed E-state index contributed by atoms with van der Waals surface area (Å²) in [5.74, 6) is -2.12. The molecule has 7 heteroatoms. The van der Waals surface area contributed by atoms with Gasteiger partial charge >= 0.3 is 5.97 Å². The Morgan fingerprint density at radius 2 is 2.00 bits per heavy atom. The lowest BCUT2D eigenvalue weighted by atomic mass is 9.82. The zero-order valence-electron chi connectivity index (χ0n) is 14.5. The zero-order chi connectivity index (χ0) is 19.2. The van der Waals surface area contributed by atoms with Crippen molar-refractivity contribution in [3.05, 3.63) is 65.5 Å². The molecule has 2 N–H and O–H groups in total. The van der Waals surface area contributed by atoms with Gasteiger partial charge in [-0.3, -0.25) is 14.6 Å². The van der Waals surface area contributed by atoms with E-state index in [0.717, 1.165) is 5.56 Å². The molecule has 0 bridgehead atoms. The number of pyridine rings is 1. The summed E-state index contributed by atoms with van der Waals surface area (Å²) in [4.78, 5) is 27.9. The summed E-state index contributed by atoms with van der Waals surface area (Å²) in [5, 5.41) is 12.4. The summed E-state index contributed by atoms with van der Waals surface area (Å²) in [6.07, 6.45) is 7.79. The van der Waals surface area contributed by atoms with Gasteiger partial charge in [0.2, 0.25) is 5.91 Å². The number of hydrogen-bond acceptors (Lipinski definition) is 4. The maximum absolute atomic E-state index is 12.5. The average Bonchev–Trinajstić information content (AvgIpc) is 2.68. The zero-order valence-corrected chi connectivity index (χ0v) is 15.2. The van der Waals surface area contributed by atoms with Gasteiger partial charge in [0, 0.05) is 23.6 Å². The summed E-state index contributed by atoms with van der Waals surface area (Å²) >= 11 is 6.25. The molecule has 140 valence electrons. The molecule has 6 nitrogen and oxygen atoms in total. The van der Waals surface area contributed by atoms with Gasteiger partial charge in [0.25, 0.3) is 0 Å². The molecule has 2 aromatic rings. The number of aromatic nitrogens is 1. The molecule has 1 aliphatic rings. The predicted octanol–water partition coefficient (Wildman–Crippen LogP) is 3.92. The fourth-order valence-electron chi connectivity index (χ4n) is 2.95. The molecule has 27 heavy (non-hydrogen) atoms. The van der Waals surface area contributed by atoms with E-state index in [-0.39, 0.29) is 5.91 Å². The summed E-state index contributed by atoms with van der Waals surface area (Å²) in [7, 11) is 0. The Kier molecular flexibility index (Phi) is 6.08. The Balaban J connectivity index is 1.64. The number of nitrogens with one attached hydrogen (secondary N) is 1. The van der Waals surface area contributed by atoms with Gasteiger partial charge in [-0.15, -0.1) is 0 Å². The molecule has 0 fully saturated rings. The van der Waals surface area contributed by atoms with Crippen LogP contribution in [-0.2, 0) is 16.2 Å². The molecule has 0 aliphatic heterocycles. The quantitative estimate of drug-likeness (QED) is 0.734. The van der Waals surface area contributed by atoms with Gasteiger partial charge in [-0.1, -0.05) is 29.8 Å². The Morgan fingerprint density at radius 1 is 1.22 bits per heavy atom. The summed E-state index contributed by atoms with van der Waals surface area (Å²) in [6, 6.07) is 8.66. The molecule has 1 aliphatic carbocycles. The van der Waals surface area contributed by atoms with E-state index < -0.39 is 17.8 Å². The van der Waals surface area contributed by atoms with Gasteiger partial charge in [0.15, 0.2) is 0 Å². The van der Waals surface area contributed by atoms with Crippen LogP contribution in [0.25, 0.3) is 0 Å². The second-order valence-electron chi connectivity index (χ2n) is 6.28. The Morgan fingerprint density at radius 3 is 2.67 bits per heavy atom. The fourth-order valence-corrected chi connectivity index (χ4v) is 3.19. The summed E-state index contributed by atoms with van der Waals surface area (Å²) in [5.41, 5.74) is 1.41. The van der Waals surface area contributed by atoms with Crippen molar-refractivity contribution in [1.29, 1.82) is 0 Å². The molecule has 0 spiro atoms. The summed E-state index contributed by atoms with van der Waals surface area (Å²) < 4.78 is 5.68. The van der Waals surface area contributed by atoms with Crippen LogP contribution in [0.4, 0.5) is 5.69 Å². The maximum Gasteiger partial charge on any atom is 0.307 e.